The molecule has 1 aromatic carbocycles. The second kappa shape index (κ2) is 7.49. The van der Waals surface area contributed by atoms with Crippen LogP contribution in [-0.2, 0) is 4.79 Å². The molecule has 1 aliphatic rings. The summed E-state index contributed by atoms with van der Waals surface area (Å²) in [6.45, 7) is 5.29. The molecule has 0 radical (unpaired) electrons. The molecule has 3 amide bonds. The number of nitrogens with one attached hydrogen (secondary N) is 2. The van der Waals surface area contributed by atoms with E-state index in [-0.39, 0.29) is 11.9 Å². The Morgan fingerprint density at radius 1 is 1.41 bits per heavy atom. The zero-order chi connectivity index (χ0) is 16.1. The molecule has 2 N–H and O–H groups in total. The molecule has 1 saturated heterocycles. The standard InChI is InChI=1S/C16H22ClN3O2/c1-11(2)10-18-15(21)14-7-4-8-20(14)16(22)19-13-6-3-5-12(17)9-13/h3,5-6,9,11,14H,4,7-8,10H2,1-2H3,(H,18,21)(H,19,22). The van der Waals surface area contributed by atoms with E-state index in [1.54, 1.807) is 29.2 Å². The van der Waals surface area contributed by atoms with E-state index in [2.05, 4.69) is 10.6 Å². The Morgan fingerprint density at radius 2 is 2.18 bits per heavy atom. The van der Waals surface area contributed by atoms with E-state index in [1.165, 1.54) is 0 Å². The third-order valence-electron chi connectivity index (χ3n) is 3.58. The molecule has 5 nitrogen and oxygen atoms in total. The maximum absolute atomic E-state index is 12.4. The fourth-order valence-electron chi connectivity index (χ4n) is 2.47. The smallest absolute Gasteiger partial charge is 0.322 e. The van der Waals surface area contributed by atoms with Crippen LogP contribution in [0, 0.1) is 5.92 Å². The van der Waals surface area contributed by atoms with E-state index in [9.17, 15) is 9.59 Å². The molecule has 0 aliphatic carbocycles. The number of anilines is 1. The Labute approximate surface area is 136 Å². The number of rotatable bonds is 4. The van der Waals surface area contributed by atoms with Gasteiger partial charge in [-0.25, -0.2) is 4.79 Å². The third-order valence-corrected chi connectivity index (χ3v) is 3.81. The first-order valence-corrected chi connectivity index (χ1v) is 7.96. The zero-order valence-corrected chi connectivity index (χ0v) is 13.7. The van der Waals surface area contributed by atoms with E-state index in [0.717, 1.165) is 6.42 Å². The highest BCUT2D eigenvalue weighted by molar-refractivity contribution is 6.30. The molecular formula is C16H22ClN3O2. The number of nitrogens with zero attached hydrogens (tertiary/aromatic N) is 1. The lowest BCUT2D eigenvalue weighted by Crippen LogP contribution is -2.48. The summed E-state index contributed by atoms with van der Waals surface area (Å²) in [4.78, 5) is 26.2. The van der Waals surface area contributed by atoms with Crippen LogP contribution in [0.5, 0.6) is 0 Å². The van der Waals surface area contributed by atoms with Crippen molar-refractivity contribution in [3.63, 3.8) is 0 Å². The molecule has 1 fully saturated rings. The molecule has 1 aliphatic heterocycles. The number of halogens is 1. The summed E-state index contributed by atoms with van der Waals surface area (Å²) in [5.41, 5.74) is 0.630. The maximum atomic E-state index is 12.4. The van der Waals surface area contributed by atoms with Gasteiger partial charge < -0.3 is 15.5 Å². The molecule has 22 heavy (non-hydrogen) atoms. The van der Waals surface area contributed by atoms with Gasteiger partial charge in [-0.2, -0.15) is 0 Å². The van der Waals surface area contributed by atoms with Gasteiger partial charge in [0.05, 0.1) is 0 Å². The van der Waals surface area contributed by atoms with Gasteiger partial charge in [0.1, 0.15) is 6.04 Å². The molecule has 0 bridgehead atoms. The fraction of sp³-hybridized carbons (Fsp3) is 0.500. The van der Waals surface area contributed by atoms with Crippen molar-refractivity contribution in [1.29, 1.82) is 0 Å². The predicted molar refractivity (Wildman–Crippen MR) is 88.0 cm³/mol. The van der Waals surface area contributed by atoms with Crippen molar-refractivity contribution in [3.05, 3.63) is 29.3 Å². The summed E-state index contributed by atoms with van der Waals surface area (Å²) in [6.07, 6.45) is 1.54. The number of amides is 3. The molecular weight excluding hydrogens is 302 g/mol. The van der Waals surface area contributed by atoms with Gasteiger partial charge in [0, 0.05) is 23.8 Å². The number of carbonyl (C=O) groups excluding carboxylic acids is 2. The van der Waals surface area contributed by atoms with Gasteiger partial charge in [0.15, 0.2) is 0 Å². The summed E-state index contributed by atoms with van der Waals surface area (Å²) in [7, 11) is 0. The van der Waals surface area contributed by atoms with E-state index >= 15 is 0 Å². The highest BCUT2D eigenvalue weighted by Gasteiger charge is 2.34. The minimum Gasteiger partial charge on any atom is -0.354 e. The minimum atomic E-state index is -0.391. The van der Waals surface area contributed by atoms with Crippen LogP contribution >= 0.6 is 11.6 Å². The molecule has 0 aromatic heterocycles. The predicted octanol–water partition coefficient (Wildman–Crippen LogP) is 3.11. The first-order valence-electron chi connectivity index (χ1n) is 7.58. The summed E-state index contributed by atoms with van der Waals surface area (Å²) >= 11 is 5.91. The van der Waals surface area contributed by atoms with Crippen molar-refractivity contribution in [3.8, 4) is 0 Å². The number of hydrogen-bond donors (Lipinski definition) is 2. The van der Waals surface area contributed by atoms with Crippen LogP contribution < -0.4 is 10.6 Å². The molecule has 2 rings (SSSR count). The van der Waals surface area contributed by atoms with Crippen molar-refractivity contribution in [1.82, 2.24) is 10.2 Å². The Kier molecular flexibility index (Phi) is 5.66. The average molecular weight is 324 g/mol. The van der Waals surface area contributed by atoms with Gasteiger partial charge in [-0.05, 0) is 37.0 Å². The molecule has 1 heterocycles. The molecule has 1 unspecified atom stereocenters. The van der Waals surface area contributed by atoms with E-state index < -0.39 is 6.04 Å². The number of benzene rings is 1. The molecule has 0 saturated carbocycles. The molecule has 1 atom stereocenters. The van der Waals surface area contributed by atoms with Gasteiger partial charge in [-0.15, -0.1) is 0 Å². The SMILES string of the molecule is CC(C)CNC(=O)C1CCCN1C(=O)Nc1cccc(Cl)c1. The first kappa shape index (κ1) is 16.6. The second-order valence-corrected chi connectivity index (χ2v) is 6.37. The van der Waals surface area contributed by atoms with Crippen molar-refractivity contribution >= 4 is 29.2 Å². The highest BCUT2D eigenvalue weighted by Crippen LogP contribution is 2.20. The minimum absolute atomic E-state index is 0.0764. The Bertz CT molecular complexity index is 548. The highest BCUT2D eigenvalue weighted by atomic mass is 35.5. The van der Waals surface area contributed by atoms with Gasteiger partial charge >= 0.3 is 6.03 Å². The van der Waals surface area contributed by atoms with E-state index in [4.69, 9.17) is 11.6 Å². The fourth-order valence-corrected chi connectivity index (χ4v) is 2.66. The van der Waals surface area contributed by atoms with Crippen LogP contribution in [0.1, 0.15) is 26.7 Å². The Morgan fingerprint density at radius 3 is 2.86 bits per heavy atom. The number of hydrogen-bond acceptors (Lipinski definition) is 2. The number of likely N-dealkylation sites (tertiary alicyclic amines) is 1. The first-order chi connectivity index (χ1) is 10.5. The van der Waals surface area contributed by atoms with Gasteiger partial charge in [-0.1, -0.05) is 31.5 Å². The summed E-state index contributed by atoms with van der Waals surface area (Å²) in [5, 5.41) is 6.26. The van der Waals surface area contributed by atoms with Crippen LogP contribution in [0.25, 0.3) is 0 Å². The van der Waals surface area contributed by atoms with Crippen molar-refractivity contribution in [2.24, 2.45) is 5.92 Å². The van der Waals surface area contributed by atoms with Crippen LogP contribution in [0.4, 0.5) is 10.5 Å². The Hall–Kier alpha value is -1.75. The van der Waals surface area contributed by atoms with Crippen LogP contribution in [-0.4, -0.2) is 36.0 Å². The lowest BCUT2D eigenvalue weighted by atomic mass is 10.2. The summed E-state index contributed by atoms with van der Waals surface area (Å²) in [6, 6.07) is 6.32. The molecule has 120 valence electrons. The van der Waals surface area contributed by atoms with Crippen molar-refractivity contribution in [2.75, 3.05) is 18.4 Å². The van der Waals surface area contributed by atoms with E-state index in [1.807, 2.05) is 13.8 Å². The third kappa shape index (κ3) is 4.37. The van der Waals surface area contributed by atoms with Crippen LogP contribution in [0.15, 0.2) is 24.3 Å². The van der Waals surface area contributed by atoms with Crippen LogP contribution in [0.2, 0.25) is 5.02 Å². The zero-order valence-electron chi connectivity index (χ0n) is 12.9. The van der Waals surface area contributed by atoms with Crippen molar-refractivity contribution in [2.45, 2.75) is 32.7 Å². The van der Waals surface area contributed by atoms with Crippen molar-refractivity contribution < 1.29 is 9.59 Å². The van der Waals surface area contributed by atoms with E-state index in [0.29, 0.717) is 36.1 Å². The van der Waals surface area contributed by atoms with Crippen LogP contribution in [0.3, 0.4) is 0 Å². The van der Waals surface area contributed by atoms with Gasteiger partial charge in [0.25, 0.3) is 0 Å². The topological polar surface area (TPSA) is 61.4 Å². The average Bonchev–Trinajstić information content (AvgIpc) is 2.94. The lowest BCUT2D eigenvalue weighted by Gasteiger charge is -2.24. The second-order valence-electron chi connectivity index (χ2n) is 5.93. The number of urea groups is 1. The summed E-state index contributed by atoms with van der Waals surface area (Å²) in [5.74, 6) is 0.312. The van der Waals surface area contributed by atoms with Gasteiger partial charge in [-0.3, -0.25) is 4.79 Å². The summed E-state index contributed by atoms with van der Waals surface area (Å²) < 4.78 is 0. The quantitative estimate of drug-likeness (QED) is 0.894. The molecule has 0 spiro atoms. The largest absolute Gasteiger partial charge is 0.354 e. The van der Waals surface area contributed by atoms with Gasteiger partial charge in [0.2, 0.25) is 5.91 Å². The monoisotopic (exact) mass is 323 g/mol. The normalized spacial score (nSPS) is 17.6. The maximum Gasteiger partial charge on any atom is 0.322 e. The lowest BCUT2D eigenvalue weighted by molar-refractivity contribution is -0.124. The number of carbonyl (C=O) groups is 2. The Balaban J connectivity index is 1.97. The molecule has 6 heteroatoms. The molecule has 1 aromatic rings.